The molecule has 0 saturated carbocycles. The van der Waals surface area contributed by atoms with E-state index in [0.29, 0.717) is 0 Å². The van der Waals surface area contributed by atoms with Gasteiger partial charge in [0.25, 0.3) is 0 Å². The van der Waals surface area contributed by atoms with Crippen molar-refractivity contribution in [3.05, 3.63) is 120 Å². The molecule has 156 valence electrons. The lowest BCUT2D eigenvalue weighted by molar-refractivity contribution is 1.74. The van der Waals surface area contributed by atoms with E-state index in [-0.39, 0.29) is 0 Å². The highest BCUT2D eigenvalue weighted by molar-refractivity contribution is 6.26. The monoisotopic (exact) mass is 428 g/mol. The van der Waals surface area contributed by atoms with E-state index < -0.39 is 0 Å². The quantitative estimate of drug-likeness (QED) is 0.190. The Morgan fingerprint density at radius 2 is 0.618 bits per heavy atom. The van der Waals surface area contributed by atoms with E-state index in [1.165, 1.54) is 75.8 Å². The normalized spacial score (nSPS) is 12.6. The van der Waals surface area contributed by atoms with Crippen LogP contribution in [0.4, 0.5) is 0 Å². The Morgan fingerprint density at radius 1 is 0.294 bits per heavy atom. The van der Waals surface area contributed by atoms with E-state index in [2.05, 4.69) is 121 Å². The Labute approximate surface area is 197 Å². The van der Waals surface area contributed by atoms with Crippen LogP contribution in [0.5, 0.6) is 0 Å². The van der Waals surface area contributed by atoms with Crippen molar-refractivity contribution in [3.63, 3.8) is 0 Å². The minimum absolute atomic E-state index is 1.26. The standard InChI is InChI=1S/C34H20/c1-3-23-13-15-27-11-9-21(29-19-17-25(5-1)31(23)33(27)29)7-8-22-10-12-28-16-14-24-4-2-6-26-18-20-30(22)34(28)32(24)26/h1-20H. The Bertz CT molecular complexity index is 1870. The molecule has 0 heteroatoms. The zero-order chi connectivity index (χ0) is 22.2. The highest BCUT2D eigenvalue weighted by atomic mass is 14.1. The second kappa shape index (κ2) is 6.56. The van der Waals surface area contributed by atoms with Crippen LogP contribution >= 0.6 is 0 Å². The number of benzene rings is 8. The molecule has 0 fully saturated rings. The Kier molecular flexibility index (Phi) is 3.48. The van der Waals surface area contributed by atoms with Gasteiger partial charge in [-0.25, -0.2) is 0 Å². The Hall–Kier alpha value is -4.42. The molecular formula is C34H20. The molecule has 8 rings (SSSR count). The lowest BCUT2D eigenvalue weighted by atomic mass is 9.90. The molecule has 0 aliphatic carbocycles. The molecular weight excluding hydrogens is 408 g/mol. The van der Waals surface area contributed by atoms with Crippen LogP contribution < -0.4 is 0 Å². The molecule has 0 saturated heterocycles. The van der Waals surface area contributed by atoms with Gasteiger partial charge in [0.05, 0.1) is 0 Å². The Morgan fingerprint density at radius 3 is 1.03 bits per heavy atom. The third kappa shape index (κ3) is 2.37. The third-order valence-electron chi connectivity index (χ3n) is 7.57. The molecule has 0 spiro atoms. The zero-order valence-corrected chi connectivity index (χ0v) is 18.5. The summed E-state index contributed by atoms with van der Waals surface area (Å²) in [4.78, 5) is 0. The molecule has 0 N–H and O–H groups in total. The van der Waals surface area contributed by atoms with Gasteiger partial charge in [-0.3, -0.25) is 0 Å². The van der Waals surface area contributed by atoms with Crippen molar-refractivity contribution in [2.45, 2.75) is 0 Å². The van der Waals surface area contributed by atoms with Gasteiger partial charge in [-0.15, -0.1) is 0 Å². The van der Waals surface area contributed by atoms with Crippen molar-refractivity contribution >= 4 is 76.8 Å². The molecule has 8 aromatic rings. The summed E-state index contributed by atoms with van der Waals surface area (Å²) in [5.74, 6) is 0. The summed E-state index contributed by atoms with van der Waals surface area (Å²) >= 11 is 0. The summed E-state index contributed by atoms with van der Waals surface area (Å²) in [6, 6.07) is 40.3. The van der Waals surface area contributed by atoms with Gasteiger partial charge in [0.2, 0.25) is 0 Å². The van der Waals surface area contributed by atoms with Crippen LogP contribution in [0.25, 0.3) is 76.8 Å². The molecule has 0 amide bonds. The molecule has 0 unspecified atom stereocenters. The van der Waals surface area contributed by atoms with Crippen molar-refractivity contribution in [2.75, 3.05) is 0 Å². The third-order valence-corrected chi connectivity index (χ3v) is 7.57. The predicted molar refractivity (Wildman–Crippen MR) is 149 cm³/mol. The molecule has 0 heterocycles. The first kappa shape index (κ1) is 18.1. The van der Waals surface area contributed by atoms with Gasteiger partial charge in [0, 0.05) is 0 Å². The van der Waals surface area contributed by atoms with Gasteiger partial charge in [-0.1, -0.05) is 121 Å². The fourth-order valence-electron chi connectivity index (χ4n) is 5.99. The van der Waals surface area contributed by atoms with E-state index >= 15 is 0 Å². The van der Waals surface area contributed by atoms with Gasteiger partial charge in [-0.05, 0) is 75.8 Å². The average Bonchev–Trinajstić information content (AvgIpc) is 2.90. The summed E-state index contributed by atoms with van der Waals surface area (Å²) in [5, 5.41) is 16.0. The molecule has 34 heavy (non-hydrogen) atoms. The summed E-state index contributed by atoms with van der Waals surface area (Å²) < 4.78 is 0. The first-order chi connectivity index (χ1) is 16.8. The summed E-state index contributed by atoms with van der Waals surface area (Å²) in [5.41, 5.74) is 2.52. The van der Waals surface area contributed by atoms with Gasteiger partial charge in [0.1, 0.15) is 0 Å². The van der Waals surface area contributed by atoms with Gasteiger partial charge in [-0.2, -0.15) is 0 Å². The lowest BCUT2D eigenvalue weighted by Crippen LogP contribution is -1.87. The lowest BCUT2D eigenvalue weighted by Gasteiger charge is -2.13. The summed E-state index contributed by atoms with van der Waals surface area (Å²) in [6.07, 6.45) is 4.58. The van der Waals surface area contributed by atoms with Crippen LogP contribution in [0.15, 0.2) is 109 Å². The number of hydrogen-bond donors (Lipinski definition) is 0. The van der Waals surface area contributed by atoms with Crippen molar-refractivity contribution in [3.8, 4) is 0 Å². The van der Waals surface area contributed by atoms with Crippen LogP contribution in [0.3, 0.4) is 0 Å². The fraction of sp³-hybridized carbons (Fsp3) is 0. The van der Waals surface area contributed by atoms with E-state index in [0.717, 1.165) is 0 Å². The molecule has 0 atom stereocenters. The molecule has 0 bridgehead atoms. The smallest absolute Gasteiger partial charge is 0.00208 e. The summed E-state index contributed by atoms with van der Waals surface area (Å²) in [7, 11) is 0. The minimum atomic E-state index is 1.26. The molecule has 0 aliphatic rings. The number of hydrogen-bond acceptors (Lipinski definition) is 0. The van der Waals surface area contributed by atoms with E-state index in [1.807, 2.05) is 0 Å². The average molecular weight is 429 g/mol. The van der Waals surface area contributed by atoms with Crippen LogP contribution in [0, 0.1) is 0 Å². The highest BCUT2D eigenvalue weighted by Gasteiger charge is 2.11. The van der Waals surface area contributed by atoms with Crippen molar-refractivity contribution in [1.29, 1.82) is 0 Å². The van der Waals surface area contributed by atoms with Gasteiger partial charge in [0.15, 0.2) is 0 Å². The van der Waals surface area contributed by atoms with E-state index in [1.54, 1.807) is 0 Å². The van der Waals surface area contributed by atoms with Crippen molar-refractivity contribution in [1.82, 2.24) is 0 Å². The van der Waals surface area contributed by atoms with Crippen molar-refractivity contribution in [2.24, 2.45) is 0 Å². The second-order valence-electron chi connectivity index (χ2n) is 9.35. The largest absolute Gasteiger partial charge is 0.0610 e. The fourth-order valence-corrected chi connectivity index (χ4v) is 5.99. The SMILES string of the molecule is C(=Cc1ccc2ccc3cccc4ccc1c2c34)c1ccc2ccc3cccc4ccc1c2c34. The maximum absolute atomic E-state index is 2.29. The second-order valence-corrected chi connectivity index (χ2v) is 9.35. The Balaban J connectivity index is 1.37. The zero-order valence-electron chi connectivity index (χ0n) is 18.5. The maximum atomic E-state index is 2.29. The first-order valence-electron chi connectivity index (χ1n) is 11.9. The molecule has 8 aromatic carbocycles. The van der Waals surface area contributed by atoms with Crippen molar-refractivity contribution < 1.29 is 0 Å². The summed E-state index contributed by atoms with van der Waals surface area (Å²) in [6.45, 7) is 0. The van der Waals surface area contributed by atoms with Crippen LogP contribution in [-0.2, 0) is 0 Å². The topological polar surface area (TPSA) is 0 Å². The van der Waals surface area contributed by atoms with E-state index in [9.17, 15) is 0 Å². The molecule has 0 radical (unpaired) electrons. The van der Waals surface area contributed by atoms with Gasteiger partial charge >= 0.3 is 0 Å². The number of rotatable bonds is 2. The molecule has 0 aliphatic heterocycles. The van der Waals surface area contributed by atoms with Crippen LogP contribution in [-0.4, -0.2) is 0 Å². The molecule has 0 nitrogen and oxygen atoms in total. The van der Waals surface area contributed by atoms with Crippen LogP contribution in [0.2, 0.25) is 0 Å². The van der Waals surface area contributed by atoms with E-state index in [4.69, 9.17) is 0 Å². The molecule has 0 aromatic heterocycles. The predicted octanol–water partition coefficient (Wildman–Crippen LogP) is 9.65. The maximum Gasteiger partial charge on any atom is -0.00208 e. The minimum Gasteiger partial charge on any atom is -0.0610 e. The highest BCUT2D eigenvalue weighted by Crippen LogP contribution is 2.38. The van der Waals surface area contributed by atoms with Crippen LogP contribution in [0.1, 0.15) is 11.1 Å². The van der Waals surface area contributed by atoms with Gasteiger partial charge < -0.3 is 0 Å². The first-order valence-corrected chi connectivity index (χ1v) is 11.9.